The molecule has 1 heterocycles. The Labute approximate surface area is 125 Å². The number of hydrogen-bond acceptors (Lipinski definition) is 4. The van der Waals surface area contributed by atoms with Gasteiger partial charge in [-0.3, -0.25) is 0 Å². The SMILES string of the molecule is Cc1ccccc1-c1nc(N)nc(C2CCCCCC2)n1. The first-order valence-corrected chi connectivity index (χ1v) is 7.81. The second kappa shape index (κ2) is 6.20. The van der Waals surface area contributed by atoms with Gasteiger partial charge in [-0.2, -0.15) is 9.97 Å². The Balaban J connectivity index is 1.98. The molecule has 0 aliphatic heterocycles. The number of benzene rings is 1. The summed E-state index contributed by atoms with van der Waals surface area (Å²) in [6.07, 6.45) is 7.49. The summed E-state index contributed by atoms with van der Waals surface area (Å²) in [5, 5.41) is 0. The van der Waals surface area contributed by atoms with Crippen molar-refractivity contribution in [3.8, 4) is 11.4 Å². The molecule has 4 nitrogen and oxygen atoms in total. The average Bonchev–Trinajstić information content (AvgIpc) is 2.76. The van der Waals surface area contributed by atoms with Gasteiger partial charge in [0.05, 0.1) is 0 Å². The van der Waals surface area contributed by atoms with Gasteiger partial charge in [-0.15, -0.1) is 0 Å². The molecule has 0 spiro atoms. The average molecular weight is 282 g/mol. The summed E-state index contributed by atoms with van der Waals surface area (Å²) in [5.41, 5.74) is 8.14. The van der Waals surface area contributed by atoms with Gasteiger partial charge in [0, 0.05) is 11.5 Å². The number of aromatic nitrogens is 3. The fourth-order valence-electron chi connectivity index (χ4n) is 3.07. The summed E-state index contributed by atoms with van der Waals surface area (Å²) in [6.45, 7) is 2.07. The maximum absolute atomic E-state index is 5.93. The Morgan fingerprint density at radius 2 is 1.67 bits per heavy atom. The number of nitrogens with zero attached hydrogens (tertiary/aromatic N) is 3. The topological polar surface area (TPSA) is 64.7 Å². The van der Waals surface area contributed by atoms with Crippen LogP contribution in [0.3, 0.4) is 0 Å². The van der Waals surface area contributed by atoms with Gasteiger partial charge in [0.15, 0.2) is 5.82 Å². The van der Waals surface area contributed by atoms with E-state index in [0.29, 0.717) is 17.7 Å². The molecular formula is C17H22N4. The van der Waals surface area contributed by atoms with E-state index in [2.05, 4.69) is 23.0 Å². The molecule has 0 atom stereocenters. The minimum absolute atomic E-state index is 0.336. The number of aryl methyl sites for hydroxylation is 1. The van der Waals surface area contributed by atoms with E-state index in [-0.39, 0.29) is 0 Å². The predicted molar refractivity (Wildman–Crippen MR) is 84.9 cm³/mol. The zero-order valence-corrected chi connectivity index (χ0v) is 12.5. The van der Waals surface area contributed by atoms with Crippen molar-refractivity contribution < 1.29 is 0 Å². The quantitative estimate of drug-likeness (QED) is 0.849. The lowest BCUT2D eigenvalue weighted by atomic mass is 9.99. The first kappa shape index (κ1) is 14.0. The lowest BCUT2D eigenvalue weighted by molar-refractivity contribution is 0.559. The van der Waals surface area contributed by atoms with Crippen LogP contribution >= 0.6 is 0 Å². The van der Waals surface area contributed by atoms with Gasteiger partial charge in [0.25, 0.3) is 0 Å². The highest BCUT2D eigenvalue weighted by molar-refractivity contribution is 5.60. The third kappa shape index (κ3) is 3.20. The van der Waals surface area contributed by atoms with Crippen molar-refractivity contribution in [1.82, 2.24) is 15.0 Å². The molecule has 0 saturated heterocycles. The molecule has 1 aromatic heterocycles. The van der Waals surface area contributed by atoms with Crippen LogP contribution in [0, 0.1) is 6.92 Å². The van der Waals surface area contributed by atoms with Gasteiger partial charge in [0.2, 0.25) is 5.95 Å². The van der Waals surface area contributed by atoms with E-state index in [1.807, 2.05) is 18.2 Å². The molecule has 21 heavy (non-hydrogen) atoms. The van der Waals surface area contributed by atoms with E-state index in [9.17, 15) is 0 Å². The second-order valence-electron chi connectivity index (χ2n) is 5.88. The third-order valence-electron chi connectivity index (χ3n) is 4.28. The van der Waals surface area contributed by atoms with E-state index in [1.165, 1.54) is 25.7 Å². The molecule has 2 N–H and O–H groups in total. The van der Waals surface area contributed by atoms with Crippen LogP contribution in [-0.4, -0.2) is 15.0 Å². The molecule has 0 amide bonds. The fraction of sp³-hybridized carbons (Fsp3) is 0.471. The molecule has 2 aromatic rings. The largest absolute Gasteiger partial charge is 0.368 e. The summed E-state index contributed by atoms with van der Waals surface area (Å²) in [7, 11) is 0. The monoisotopic (exact) mass is 282 g/mol. The summed E-state index contributed by atoms with van der Waals surface area (Å²) < 4.78 is 0. The normalized spacial score (nSPS) is 16.6. The van der Waals surface area contributed by atoms with Crippen LogP contribution in [0.15, 0.2) is 24.3 Å². The molecule has 1 fully saturated rings. The van der Waals surface area contributed by atoms with Crippen LogP contribution in [0.5, 0.6) is 0 Å². The van der Waals surface area contributed by atoms with Crippen LogP contribution < -0.4 is 5.73 Å². The van der Waals surface area contributed by atoms with Crippen LogP contribution in [-0.2, 0) is 0 Å². The molecule has 1 aliphatic carbocycles. The zero-order valence-electron chi connectivity index (χ0n) is 12.5. The first-order chi connectivity index (χ1) is 10.2. The van der Waals surface area contributed by atoms with E-state index < -0.39 is 0 Å². The van der Waals surface area contributed by atoms with Gasteiger partial charge >= 0.3 is 0 Å². The fourth-order valence-corrected chi connectivity index (χ4v) is 3.07. The smallest absolute Gasteiger partial charge is 0.223 e. The molecular weight excluding hydrogens is 260 g/mol. The third-order valence-corrected chi connectivity index (χ3v) is 4.28. The standard InChI is InChI=1S/C17H22N4/c1-12-8-6-7-11-14(12)16-19-15(20-17(18)21-16)13-9-4-2-3-5-10-13/h6-8,11,13H,2-5,9-10H2,1H3,(H2,18,19,20,21). The van der Waals surface area contributed by atoms with Gasteiger partial charge in [0.1, 0.15) is 5.82 Å². The minimum Gasteiger partial charge on any atom is -0.368 e. The van der Waals surface area contributed by atoms with Crippen molar-refractivity contribution in [3.05, 3.63) is 35.7 Å². The summed E-state index contributed by atoms with van der Waals surface area (Å²) in [4.78, 5) is 13.5. The van der Waals surface area contributed by atoms with Gasteiger partial charge < -0.3 is 5.73 Å². The highest BCUT2D eigenvalue weighted by atomic mass is 15.1. The van der Waals surface area contributed by atoms with E-state index in [4.69, 9.17) is 10.7 Å². The molecule has 3 rings (SSSR count). The van der Waals surface area contributed by atoms with Crippen molar-refractivity contribution in [1.29, 1.82) is 0 Å². The second-order valence-corrected chi connectivity index (χ2v) is 5.88. The van der Waals surface area contributed by atoms with E-state index in [1.54, 1.807) is 0 Å². The number of hydrogen-bond donors (Lipinski definition) is 1. The van der Waals surface area contributed by atoms with Gasteiger partial charge in [-0.1, -0.05) is 49.9 Å². The molecule has 0 radical (unpaired) electrons. The van der Waals surface area contributed by atoms with Crippen molar-refractivity contribution in [2.24, 2.45) is 0 Å². The lowest BCUT2D eigenvalue weighted by Crippen LogP contribution is -2.09. The van der Waals surface area contributed by atoms with Gasteiger partial charge in [-0.25, -0.2) is 4.98 Å². The van der Waals surface area contributed by atoms with Crippen LogP contribution in [0.25, 0.3) is 11.4 Å². The highest BCUT2D eigenvalue weighted by Crippen LogP contribution is 2.31. The Morgan fingerprint density at radius 1 is 0.952 bits per heavy atom. The van der Waals surface area contributed by atoms with E-state index >= 15 is 0 Å². The van der Waals surface area contributed by atoms with Crippen molar-refractivity contribution in [3.63, 3.8) is 0 Å². The number of nitrogen functional groups attached to an aromatic ring is 1. The summed E-state index contributed by atoms with van der Waals surface area (Å²) in [5.74, 6) is 2.35. The minimum atomic E-state index is 0.336. The molecule has 0 bridgehead atoms. The maximum atomic E-state index is 5.93. The Hall–Kier alpha value is -1.97. The summed E-state index contributed by atoms with van der Waals surface area (Å²) >= 11 is 0. The van der Waals surface area contributed by atoms with Crippen LogP contribution in [0.2, 0.25) is 0 Å². The maximum Gasteiger partial charge on any atom is 0.223 e. The van der Waals surface area contributed by atoms with Crippen LogP contribution in [0.1, 0.15) is 55.8 Å². The molecule has 1 aliphatic rings. The Bertz CT molecular complexity index is 616. The summed E-state index contributed by atoms with van der Waals surface area (Å²) in [6, 6.07) is 8.14. The predicted octanol–water partition coefficient (Wildman–Crippen LogP) is 3.87. The molecule has 4 heteroatoms. The number of anilines is 1. The van der Waals surface area contributed by atoms with Gasteiger partial charge in [-0.05, 0) is 25.3 Å². The Kier molecular flexibility index (Phi) is 4.13. The molecule has 1 aromatic carbocycles. The lowest BCUT2D eigenvalue weighted by Gasteiger charge is -2.14. The highest BCUT2D eigenvalue weighted by Gasteiger charge is 2.19. The first-order valence-electron chi connectivity index (χ1n) is 7.81. The van der Waals surface area contributed by atoms with Crippen LogP contribution in [0.4, 0.5) is 5.95 Å². The Morgan fingerprint density at radius 3 is 2.38 bits per heavy atom. The van der Waals surface area contributed by atoms with Crippen molar-refractivity contribution in [2.45, 2.75) is 51.4 Å². The molecule has 1 saturated carbocycles. The molecule has 0 unspecified atom stereocenters. The number of nitrogens with two attached hydrogens (primary N) is 1. The number of rotatable bonds is 2. The zero-order chi connectivity index (χ0) is 14.7. The van der Waals surface area contributed by atoms with Crippen molar-refractivity contribution in [2.75, 3.05) is 5.73 Å². The van der Waals surface area contributed by atoms with Crippen molar-refractivity contribution >= 4 is 5.95 Å². The van der Waals surface area contributed by atoms with E-state index in [0.717, 1.165) is 29.8 Å². The molecule has 110 valence electrons.